The first kappa shape index (κ1) is 16.5. The van der Waals surface area contributed by atoms with E-state index in [1.807, 2.05) is 6.92 Å². The predicted octanol–water partition coefficient (Wildman–Crippen LogP) is 3.01. The molecule has 3 rings (SSSR count). The third-order valence-corrected chi connectivity index (χ3v) is 4.76. The van der Waals surface area contributed by atoms with E-state index in [2.05, 4.69) is 27.1 Å². The molecular formula is C16H23ClN4O2. The number of carbonyl (C=O) groups is 1. The van der Waals surface area contributed by atoms with Crippen LogP contribution in [0.5, 0.6) is 0 Å². The van der Waals surface area contributed by atoms with Crippen LogP contribution in [-0.2, 0) is 9.53 Å². The first-order valence-corrected chi connectivity index (χ1v) is 8.75. The van der Waals surface area contributed by atoms with Gasteiger partial charge in [-0.2, -0.15) is 4.98 Å². The number of amides is 1. The van der Waals surface area contributed by atoms with Gasteiger partial charge in [-0.05, 0) is 37.3 Å². The quantitative estimate of drug-likeness (QED) is 0.638. The van der Waals surface area contributed by atoms with E-state index in [-0.39, 0.29) is 29.4 Å². The van der Waals surface area contributed by atoms with Crippen LogP contribution in [-0.4, -0.2) is 40.7 Å². The van der Waals surface area contributed by atoms with Crippen molar-refractivity contribution in [1.29, 1.82) is 0 Å². The number of nitrogens with zero attached hydrogens (tertiary/aromatic N) is 3. The molecule has 0 bridgehead atoms. The van der Waals surface area contributed by atoms with Crippen molar-refractivity contribution in [1.82, 2.24) is 9.97 Å². The van der Waals surface area contributed by atoms with Crippen molar-refractivity contribution in [3.63, 3.8) is 0 Å². The minimum Gasteiger partial charge on any atom is -0.378 e. The van der Waals surface area contributed by atoms with Gasteiger partial charge in [-0.3, -0.25) is 4.79 Å². The summed E-state index contributed by atoms with van der Waals surface area (Å²) < 4.78 is 5.86. The van der Waals surface area contributed by atoms with E-state index in [4.69, 9.17) is 16.3 Å². The highest BCUT2D eigenvalue weighted by atomic mass is 35.5. The molecule has 1 aliphatic carbocycles. The Morgan fingerprint density at radius 1 is 1.43 bits per heavy atom. The lowest BCUT2D eigenvalue weighted by Crippen LogP contribution is -2.58. The molecule has 2 heterocycles. The molecule has 7 heteroatoms. The number of anilines is 2. The number of hydrogen-bond donors (Lipinski definition) is 1. The van der Waals surface area contributed by atoms with Crippen LogP contribution in [0.2, 0.25) is 5.28 Å². The second-order valence-corrected chi connectivity index (χ2v) is 6.51. The molecule has 0 saturated heterocycles. The van der Waals surface area contributed by atoms with Crippen molar-refractivity contribution in [2.45, 2.75) is 64.1 Å². The maximum absolute atomic E-state index is 12.3. The van der Waals surface area contributed by atoms with Crippen LogP contribution >= 0.6 is 11.6 Å². The molecule has 1 N–H and O–H groups in total. The Morgan fingerprint density at radius 2 is 2.22 bits per heavy atom. The summed E-state index contributed by atoms with van der Waals surface area (Å²) in [5.41, 5.74) is 0.638. The molecule has 0 radical (unpaired) electrons. The fourth-order valence-corrected chi connectivity index (χ4v) is 3.36. The SMILES string of the molecule is CCCCOC1CC(N2c3nc(Cl)ncc3NC(=O)[C@H]2CC)C1. The maximum atomic E-state index is 12.3. The van der Waals surface area contributed by atoms with Crippen molar-refractivity contribution >= 4 is 29.0 Å². The average molecular weight is 339 g/mol. The Kier molecular flexibility index (Phi) is 5.02. The normalized spacial score (nSPS) is 26.5. The molecule has 1 aromatic heterocycles. The van der Waals surface area contributed by atoms with Crippen LogP contribution in [0, 0.1) is 0 Å². The van der Waals surface area contributed by atoms with Gasteiger partial charge in [0, 0.05) is 12.6 Å². The third-order valence-electron chi connectivity index (χ3n) is 4.58. The number of ether oxygens (including phenoxy) is 1. The number of unbranched alkanes of at least 4 members (excludes halogenated alkanes) is 1. The zero-order valence-corrected chi connectivity index (χ0v) is 14.3. The number of halogens is 1. The summed E-state index contributed by atoms with van der Waals surface area (Å²) in [4.78, 5) is 22.8. The van der Waals surface area contributed by atoms with Gasteiger partial charge >= 0.3 is 0 Å². The van der Waals surface area contributed by atoms with Crippen LogP contribution in [0.3, 0.4) is 0 Å². The number of hydrogen-bond acceptors (Lipinski definition) is 5. The van der Waals surface area contributed by atoms with Crippen molar-refractivity contribution in [3.05, 3.63) is 11.5 Å². The van der Waals surface area contributed by atoms with E-state index < -0.39 is 0 Å². The fraction of sp³-hybridized carbons (Fsp3) is 0.688. The number of aromatic nitrogens is 2. The number of fused-ring (bicyclic) bond motifs is 1. The van der Waals surface area contributed by atoms with Crippen molar-refractivity contribution < 1.29 is 9.53 Å². The van der Waals surface area contributed by atoms with Crippen LogP contribution in [0.25, 0.3) is 0 Å². The second-order valence-electron chi connectivity index (χ2n) is 6.17. The lowest BCUT2D eigenvalue weighted by Gasteiger charge is -2.48. The molecule has 23 heavy (non-hydrogen) atoms. The molecule has 126 valence electrons. The summed E-state index contributed by atoms with van der Waals surface area (Å²) in [5.74, 6) is 0.731. The van der Waals surface area contributed by atoms with Gasteiger partial charge in [0.1, 0.15) is 11.7 Å². The summed E-state index contributed by atoms with van der Waals surface area (Å²) in [6.07, 6.45) is 6.68. The highest BCUT2D eigenvalue weighted by molar-refractivity contribution is 6.28. The van der Waals surface area contributed by atoms with Gasteiger partial charge in [-0.25, -0.2) is 4.98 Å². The average Bonchev–Trinajstić information content (AvgIpc) is 2.49. The number of rotatable bonds is 6. The van der Waals surface area contributed by atoms with E-state index in [0.29, 0.717) is 5.69 Å². The van der Waals surface area contributed by atoms with Crippen molar-refractivity contribution in [2.24, 2.45) is 0 Å². The number of nitrogens with one attached hydrogen (secondary N) is 1. The molecule has 1 saturated carbocycles. The molecule has 0 unspecified atom stereocenters. The third kappa shape index (κ3) is 3.28. The van der Waals surface area contributed by atoms with E-state index in [1.54, 1.807) is 6.20 Å². The van der Waals surface area contributed by atoms with Gasteiger partial charge in [-0.15, -0.1) is 0 Å². The monoisotopic (exact) mass is 338 g/mol. The Balaban J connectivity index is 1.75. The molecule has 2 aliphatic rings. The van der Waals surface area contributed by atoms with Gasteiger partial charge < -0.3 is 15.0 Å². The van der Waals surface area contributed by atoms with E-state index in [0.717, 1.165) is 44.5 Å². The minimum absolute atomic E-state index is 0.00118. The largest absolute Gasteiger partial charge is 0.378 e. The molecule has 1 aliphatic heterocycles. The summed E-state index contributed by atoms with van der Waals surface area (Å²) in [6.45, 7) is 4.99. The van der Waals surface area contributed by atoms with E-state index >= 15 is 0 Å². The van der Waals surface area contributed by atoms with Crippen LogP contribution in [0.15, 0.2) is 6.20 Å². The predicted molar refractivity (Wildman–Crippen MR) is 89.9 cm³/mol. The van der Waals surface area contributed by atoms with Crippen molar-refractivity contribution in [3.8, 4) is 0 Å². The highest BCUT2D eigenvalue weighted by Gasteiger charge is 2.43. The molecular weight excluding hydrogens is 316 g/mol. The molecule has 1 atom stereocenters. The molecule has 0 aromatic carbocycles. The first-order valence-electron chi connectivity index (χ1n) is 8.37. The smallest absolute Gasteiger partial charge is 0.247 e. The zero-order chi connectivity index (χ0) is 16.4. The van der Waals surface area contributed by atoms with Gasteiger partial charge in [-0.1, -0.05) is 20.3 Å². The van der Waals surface area contributed by atoms with Crippen LogP contribution in [0.4, 0.5) is 11.5 Å². The zero-order valence-electron chi connectivity index (χ0n) is 13.6. The molecule has 1 amide bonds. The van der Waals surface area contributed by atoms with E-state index in [9.17, 15) is 4.79 Å². The number of carbonyl (C=O) groups excluding carboxylic acids is 1. The topological polar surface area (TPSA) is 67.3 Å². The standard InChI is InChI=1S/C16H23ClN4O2/c1-3-5-6-23-11-7-10(8-11)21-13(4-2)15(22)19-12-9-18-16(17)20-14(12)21/h9-11,13H,3-8H2,1-2H3,(H,19,22)/t10?,11?,13-/m1/s1. The van der Waals surface area contributed by atoms with Gasteiger partial charge in [0.05, 0.1) is 12.3 Å². The molecule has 1 fully saturated rings. The molecule has 1 aromatic rings. The lowest BCUT2D eigenvalue weighted by atomic mass is 9.85. The Morgan fingerprint density at radius 3 is 2.91 bits per heavy atom. The van der Waals surface area contributed by atoms with Crippen molar-refractivity contribution in [2.75, 3.05) is 16.8 Å². The maximum Gasteiger partial charge on any atom is 0.247 e. The van der Waals surface area contributed by atoms with E-state index in [1.165, 1.54) is 0 Å². The summed E-state index contributed by atoms with van der Waals surface area (Å²) in [5, 5.41) is 3.08. The Labute approximate surface area is 141 Å². The second kappa shape index (κ2) is 7.01. The Bertz CT molecular complexity index is 577. The first-order chi connectivity index (χ1) is 11.1. The van der Waals surface area contributed by atoms with Crippen LogP contribution in [0.1, 0.15) is 46.0 Å². The molecule has 6 nitrogen and oxygen atoms in total. The molecule has 0 spiro atoms. The highest BCUT2D eigenvalue weighted by Crippen LogP contribution is 2.39. The summed E-state index contributed by atoms with van der Waals surface area (Å²) >= 11 is 5.96. The van der Waals surface area contributed by atoms with Gasteiger partial charge in [0.25, 0.3) is 0 Å². The minimum atomic E-state index is -0.213. The van der Waals surface area contributed by atoms with Gasteiger partial charge in [0.15, 0.2) is 5.82 Å². The fourth-order valence-electron chi connectivity index (χ4n) is 3.23. The lowest BCUT2D eigenvalue weighted by molar-refractivity contribution is -0.118. The Hall–Kier alpha value is -1.40. The van der Waals surface area contributed by atoms with Crippen LogP contribution < -0.4 is 10.2 Å². The summed E-state index contributed by atoms with van der Waals surface area (Å²) in [6, 6.07) is 0.0531. The van der Waals surface area contributed by atoms with Gasteiger partial charge in [0.2, 0.25) is 11.2 Å². The summed E-state index contributed by atoms with van der Waals surface area (Å²) in [7, 11) is 0.